The van der Waals surface area contributed by atoms with Crippen LogP contribution in [0.4, 0.5) is 0 Å². The maximum absolute atomic E-state index is 10.3. The van der Waals surface area contributed by atoms with E-state index in [0.717, 1.165) is 16.6 Å². The first-order valence-corrected chi connectivity index (χ1v) is 6.72. The Hall–Kier alpha value is -3.28. The number of H-pyrrole nitrogens is 1. The number of hydrogen-bond acceptors (Lipinski definition) is 5. The highest BCUT2D eigenvalue weighted by Crippen LogP contribution is 2.37. The summed E-state index contributed by atoms with van der Waals surface area (Å²) in [6, 6.07) is 11.0. The molecule has 6 nitrogen and oxygen atoms in total. The van der Waals surface area contributed by atoms with Crippen molar-refractivity contribution in [3.63, 3.8) is 0 Å². The van der Waals surface area contributed by atoms with Gasteiger partial charge in [0, 0.05) is 12.4 Å². The Kier molecular flexibility index (Phi) is 2.79. The Morgan fingerprint density at radius 1 is 1.00 bits per heavy atom. The summed E-state index contributed by atoms with van der Waals surface area (Å²) in [6.07, 6.45) is 5.04. The number of aromatic amines is 1. The molecule has 0 spiro atoms. The zero-order valence-electron chi connectivity index (χ0n) is 11.4. The Bertz CT molecular complexity index is 949. The lowest BCUT2D eigenvalue weighted by molar-refractivity contribution is 0.477. The van der Waals surface area contributed by atoms with E-state index in [-0.39, 0.29) is 5.75 Å². The van der Waals surface area contributed by atoms with E-state index in [9.17, 15) is 5.11 Å². The maximum atomic E-state index is 10.3. The van der Waals surface area contributed by atoms with Crippen molar-refractivity contribution in [2.24, 2.45) is 0 Å². The molecule has 0 fully saturated rings. The third-order valence-electron chi connectivity index (χ3n) is 3.48. The van der Waals surface area contributed by atoms with E-state index in [4.69, 9.17) is 0 Å². The van der Waals surface area contributed by atoms with Gasteiger partial charge in [-0.05, 0) is 35.4 Å². The van der Waals surface area contributed by atoms with Crippen molar-refractivity contribution in [2.45, 2.75) is 0 Å². The van der Waals surface area contributed by atoms with Crippen LogP contribution in [0.2, 0.25) is 0 Å². The maximum Gasteiger partial charge on any atom is 0.131 e. The highest BCUT2D eigenvalue weighted by molar-refractivity contribution is 5.88. The van der Waals surface area contributed by atoms with E-state index in [1.165, 1.54) is 0 Å². The summed E-state index contributed by atoms with van der Waals surface area (Å²) in [5, 5.41) is 25.5. The average Bonchev–Trinajstić information content (AvgIpc) is 3.03. The Morgan fingerprint density at radius 3 is 2.73 bits per heavy atom. The van der Waals surface area contributed by atoms with Gasteiger partial charge in [0.05, 0.1) is 23.0 Å². The largest absolute Gasteiger partial charge is 0.507 e. The van der Waals surface area contributed by atoms with Gasteiger partial charge in [0.2, 0.25) is 0 Å². The van der Waals surface area contributed by atoms with Gasteiger partial charge in [-0.3, -0.25) is 10.1 Å². The van der Waals surface area contributed by atoms with Gasteiger partial charge in [-0.2, -0.15) is 5.10 Å². The number of pyridine rings is 1. The molecular formula is C16H11N5O. The summed E-state index contributed by atoms with van der Waals surface area (Å²) >= 11 is 0. The molecule has 0 saturated carbocycles. The van der Waals surface area contributed by atoms with Crippen molar-refractivity contribution in [3.05, 3.63) is 55.0 Å². The minimum absolute atomic E-state index is 0.155. The van der Waals surface area contributed by atoms with Crippen LogP contribution in [-0.4, -0.2) is 30.5 Å². The SMILES string of the molecule is Oc1cccc(-c2ccncc2)c1-c1cc2[nH]ncc2nn1. The molecule has 106 valence electrons. The Balaban J connectivity index is 1.97. The standard InChI is InChI=1S/C16H11N5O/c22-15-3-1-2-11(10-4-6-17-7-5-10)16(15)13-8-12-14(21-20-13)9-18-19-12/h1-9,22H,(H,18,19). The second-order valence-corrected chi connectivity index (χ2v) is 4.83. The number of phenols is 1. The number of fused-ring (bicyclic) bond motifs is 1. The second-order valence-electron chi connectivity index (χ2n) is 4.83. The van der Waals surface area contributed by atoms with E-state index in [0.29, 0.717) is 16.8 Å². The van der Waals surface area contributed by atoms with Crippen LogP contribution in [0.15, 0.2) is 55.0 Å². The quantitative estimate of drug-likeness (QED) is 0.592. The summed E-state index contributed by atoms with van der Waals surface area (Å²) in [5.74, 6) is 0.155. The number of rotatable bonds is 2. The molecule has 0 saturated heterocycles. The molecule has 0 atom stereocenters. The van der Waals surface area contributed by atoms with Crippen LogP contribution in [0.3, 0.4) is 0 Å². The second kappa shape index (κ2) is 4.92. The van der Waals surface area contributed by atoms with Gasteiger partial charge in [-0.25, -0.2) is 0 Å². The third-order valence-corrected chi connectivity index (χ3v) is 3.48. The van der Waals surface area contributed by atoms with Crippen molar-refractivity contribution < 1.29 is 5.11 Å². The van der Waals surface area contributed by atoms with Crippen LogP contribution >= 0.6 is 0 Å². The zero-order valence-corrected chi connectivity index (χ0v) is 11.4. The lowest BCUT2D eigenvalue weighted by Gasteiger charge is -2.10. The first-order valence-electron chi connectivity index (χ1n) is 6.72. The molecule has 3 aromatic heterocycles. The van der Waals surface area contributed by atoms with Crippen molar-refractivity contribution in [2.75, 3.05) is 0 Å². The fraction of sp³-hybridized carbons (Fsp3) is 0. The monoisotopic (exact) mass is 289 g/mol. The van der Waals surface area contributed by atoms with Crippen molar-refractivity contribution in [1.29, 1.82) is 0 Å². The molecule has 0 unspecified atom stereocenters. The summed E-state index contributed by atoms with van der Waals surface area (Å²) < 4.78 is 0. The normalized spacial score (nSPS) is 10.9. The van der Waals surface area contributed by atoms with Gasteiger partial charge in [0.25, 0.3) is 0 Å². The summed E-state index contributed by atoms with van der Waals surface area (Å²) in [7, 11) is 0. The highest BCUT2D eigenvalue weighted by atomic mass is 16.3. The van der Waals surface area contributed by atoms with Crippen LogP contribution < -0.4 is 0 Å². The minimum Gasteiger partial charge on any atom is -0.507 e. The van der Waals surface area contributed by atoms with Crippen LogP contribution in [-0.2, 0) is 0 Å². The van der Waals surface area contributed by atoms with E-state index in [1.807, 2.05) is 24.3 Å². The van der Waals surface area contributed by atoms with Gasteiger partial charge in [0.15, 0.2) is 0 Å². The number of aromatic hydroxyl groups is 1. The average molecular weight is 289 g/mol. The molecule has 0 aliphatic rings. The molecule has 4 rings (SSSR count). The molecule has 0 aliphatic heterocycles. The predicted molar refractivity (Wildman–Crippen MR) is 82.0 cm³/mol. The Morgan fingerprint density at radius 2 is 1.86 bits per heavy atom. The lowest BCUT2D eigenvalue weighted by atomic mass is 9.97. The Labute approximate surface area is 125 Å². The zero-order chi connectivity index (χ0) is 14.9. The molecule has 3 heterocycles. The van der Waals surface area contributed by atoms with Crippen molar-refractivity contribution in [1.82, 2.24) is 25.4 Å². The van der Waals surface area contributed by atoms with Crippen LogP contribution in [0.1, 0.15) is 0 Å². The lowest BCUT2D eigenvalue weighted by Crippen LogP contribution is -1.92. The first-order chi connectivity index (χ1) is 10.8. The van der Waals surface area contributed by atoms with Gasteiger partial charge >= 0.3 is 0 Å². The molecule has 1 aromatic carbocycles. The number of nitrogens with one attached hydrogen (secondary N) is 1. The predicted octanol–water partition coefficient (Wildman–Crippen LogP) is 2.79. The molecule has 0 aliphatic carbocycles. The molecule has 4 aromatic rings. The number of phenolic OH excluding ortho intramolecular Hbond substituents is 1. The van der Waals surface area contributed by atoms with Crippen LogP contribution in [0.25, 0.3) is 33.4 Å². The first kappa shape index (κ1) is 12.5. The minimum atomic E-state index is 0.155. The fourth-order valence-corrected chi connectivity index (χ4v) is 2.45. The molecule has 2 N–H and O–H groups in total. The molecule has 0 radical (unpaired) electrons. The van der Waals surface area contributed by atoms with E-state index in [1.54, 1.807) is 30.7 Å². The van der Waals surface area contributed by atoms with Crippen molar-refractivity contribution >= 4 is 11.0 Å². The third kappa shape index (κ3) is 1.98. The summed E-state index contributed by atoms with van der Waals surface area (Å²) in [4.78, 5) is 4.03. The fourth-order valence-electron chi connectivity index (χ4n) is 2.45. The summed E-state index contributed by atoms with van der Waals surface area (Å²) in [6.45, 7) is 0. The molecule has 0 bridgehead atoms. The van der Waals surface area contributed by atoms with E-state index >= 15 is 0 Å². The topological polar surface area (TPSA) is 87.6 Å². The number of nitrogens with zero attached hydrogens (tertiary/aromatic N) is 4. The van der Waals surface area contributed by atoms with Gasteiger partial charge < -0.3 is 5.11 Å². The molecule has 0 amide bonds. The van der Waals surface area contributed by atoms with E-state index < -0.39 is 0 Å². The molecule has 22 heavy (non-hydrogen) atoms. The molecule has 6 heteroatoms. The number of hydrogen-bond donors (Lipinski definition) is 2. The summed E-state index contributed by atoms with van der Waals surface area (Å²) in [5.41, 5.74) is 4.50. The van der Waals surface area contributed by atoms with Crippen LogP contribution in [0, 0.1) is 0 Å². The number of benzene rings is 1. The van der Waals surface area contributed by atoms with Crippen molar-refractivity contribution in [3.8, 4) is 28.1 Å². The van der Waals surface area contributed by atoms with Crippen LogP contribution in [0.5, 0.6) is 5.75 Å². The van der Waals surface area contributed by atoms with Gasteiger partial charge in [-0.1, -0.05) is 12.1 Å². The smallest absolute Gasteiger partial charge is 0.131 e. The number of aromatic nitrogens is 5. The van der Waals surface area contributed by atoms with E-state index in [2.05, 4.69) is 25.4 Å². The van der Waals surface area contributed by atoms with Gasteiger partial charge in [-0.15, -0.1) is 10.2 Å². The molecular weight excluding hydrogens is 278 g/mol. The van der Waals surface area contributed by atoms with Gasteiger partial charge in [0.1, 0.15) is 11.3 Å². The highest BCUT2D eigenvalue weighted by Gasteiger charge is 2.14.